The minimum absolute atomic E-state index is 0.0934. The first-order valence-electron chi connectivity index (χ1n) is 8.02. The Morgan fingerprint density at radius 2 is 1.93 bits per heavy atom. The van der Waals surface area contributed by atoms with Gasteiger partial charge in [-0.3, -0.25) is 4.98 Å². The Bertz CT molecular complexity index is 1040. The van der Waals surface area contributed by atoms with Crippen LogP contribution < -0.4 is 4.74 Å². The van der Waals surface area contributed by atoms with Crippen molar-refractivity contribution in [2.45, 2.75) is 18.7 Å². The second-order valence-corrected chi connectivity index (χ2v) is 6.89. The molecule has 1 atom stereocenters. The van der Waals surface area contributed by atoms with Crippen LogP contribution in [0.1, 0.15) is 23.7 Å². The Labute approximate surface area is 160 Å². The zero-order valence-corrected chi connectivity index (χ0v) is 15.3. The van der Waals surface area contributed by atoms with Crippen LogP contribution in [0.4, 0.5) is 13.2 Å². The maximum Gasteiger partial charge on any atom is 0.416 e. The SMILES string of the molecule is FC(F)(F)c1cccc(Oc2cc([C@@H]3CC(Br)=NO3)c3cccnc3c2)c1. The Kier molecular flexibility index (Phi) is 4.51. The minimum Gasteiger partial charge on any atom is -0.457 e. The summed E-state index contributed by atoms with van der Waals surface area (Å²) < 4.78 is 45.2. The van der Waals surface area contributed by atoms with Crippen molar-refractivity contribution in [2.75, 3.05) is 0 Å². The highest BCUT2D eigenvalue weighted by Gasteiger charge is 2.30. The summed E-state index contributed by atoms with van der Waals surface area (Å²) >= 11 is 3.31. The molecule has 0 N–H and O–H groups in total. The Hall–Kier alpha value is -2.61. The second kappa shape index (κ2) is 6.84. The number of fused-ring (bicyclic) bond motifs is 1. The molecule has 3 aromatic rings. The summed E-state index contributed by atoms with van der Waals surface area (Å²) in [5.74, 6) is 0.470. The van der Waals surface area contributed by atoms with Crippen molar-refractivity contribution >= 4 is 31.5 Å². The van der Waals surface area contributed by atoms with Gasteiger partial charge in [-0.05, 0) is 46.3 Å². The first-order valence-corrected chi connectivity index (χ1v) is 8.81. The number of halogens is 4. The molecular weight excluding hydrogens is 425 g/mol. The third kappa shape index (κ3) is 3.75. The van der Waals surface area contributed by atoms with Crippen molar-refractivity contribution in [3.8, 4) is 11.5 Å². The predicted molar refractivity (Wildman–Crippen MR) is 98.1 cm³/mol. The second-order valence-electron chi connectivity index (χ2n) is 5.98. The lowest BCUT2D eigenvalue weighted by molar-refractivity contribution is -0.137. The van der Waals surface area contributed by atoms with Gasteiger partial charge in [0.2, 0.25) is 0 Å². The van der Waals surface area contributed by atoms with Gasteiger partial charge in [0.25, 0.3) is 0 Å². The maximum absolute atomic E-state index is 12.9. The Balaban J connectivity index is 1.73. The smallest absolute Gasteiger partial charge is 0.416 e. The van der Waals surface area contributed by atoms with Gasteiger partial charge >= 0.3 is 6.18 Å². The number of hydrogen-bond donors (Lipinski definition) is 0. The summed E-state index contributed by atoms with van der Waals surface area (Å²) in [6.45, 7) is 0. The fourth-order valence-electron chi connectivity index (χ4n) is 2.90. The fourth-order valence-corrected chi connectivity index (χ4v) is 3.27. The molecule has 0 bridgehead atoms. The molecule has 0 amide bonds. The van der Waals surface area contributed by atoms with E-state index in [2.05, 4.69) is 26.1 Å². The first kappa shape index (κ1) is 17.8. The van der Waals surface area contributed by atoms with Crippen LogP contribution in [-0.4, -0.2) is 9.60 Å². The molecule has 27 heavy (non-hydrogen) atoms. The molecule has 0 spiro atoms. The van der Waals surface area contributed by atoms with Crippen LogP contribution in [0, 0.1) is 0 Å². The van der Waals surface area contributed by atoms with Crippen LogP contribution in [0.2, 0.25) is 0 Å². The summed E-state index contributed by atoms with van der Waals surface area (Å²) in [6, 6.07) is 11.9. The van der Waals surface area contributed by atoms with Gasteiger partial charge in [-0.25, -0.2) is 0 Å². The van der Waals surface area contributed by atoms with E-state index >= 15 is 0 Å². The monoisotopic (exact) mass is 436 g/mol. The molecule has 0 saturated heterocycles. The summed E-state index contributed by atoms with van der Waals surface area (Å²) in [7, 11) is 0. The van der Waals surface area contributed by atoms with Gasteiger partial charge < -0.3 is 9.57 Å². The number of oxime groups is 1. The average molecular weight is 437 g/mol. The van der Waals surface area contributed by atoms with Crippen LogP contribution >= 0.6 is 15.9 Å². The number of alkyl halides is 3. The highest BCUT2D eigenvalue weighted by Crippen LogP contribution is 2.38. The Morgan fingerprint density at radius 1 is 1.07 bits per heavy atom. The molecule has 4 rings (SSSR count). The van der Waals surface area contributed by atoms with Gasteiger partial charge in [-0.15, -0.1) is 0 Å². The molecular formula is C19H12BrF3N2O2. The van der Waals surface area contributed by atoms with E-state index in [9.17, 15) is 13.2 Å². The molecule has 1 aromatic heterocycles. The molecule has 1 aliphatic rings. The molecule has 2 aromatic carbocycles. The number of aromatic nitrogens is 1. The molecule has 0 aliphatic carbocycles. The highest BCUT2D eigenvalue weighted by atomic mass is 79.9. The fraction of sp³-hybridized carbons (Fsp3) is 0.158. The lowest BCUT2D eigenvalue weighted by Gasteiger charge is -2.15. The van der Waals surface area contributed by atoms with Crippen LogP contribution in [0.15, 0.2) is 59.9 Å². The van der Waals surface area contributed by atoms with Crippen molar-refractivity contribution < 1.29 is 22.7 Å². The normalized spacial score (nSPS) is 16.9. The van der Waals surface area contributed by atoms with Crippen LogP contribution in [0.25, 0.3) is 10.9 Å². The molecule has 0 saturated carbocycles. The largest absolute Gasteiger partial charge is 0.457 e. The summed E-state index contributed by atoms with van der Waals surface area (Å²) in [4.78, 5) is 9.76. The van der Waals surface area contributed by atoms with Crippen molar-refractivity contribution in [1.82, 2.24) is 4.98 Å². The van der Waals surface area contributed by atoms with E-state index in [4.69, 9.17) is 9.57 Å². The number of benzene rings is 2. The van der Waals surface area contributed by atoms with Crippen molar-refractivity contribution in [3.63, 3.8) is 0 Å². The van der Waals surface area contributed by atoms with Gasteiger partial charge in [0.1, 0.15) is 16.1 Å². The standard InChI is InChI=1S/C19H12BrF3N2O2/c20-18-10-17(27-25-18)15-8-13(9-16-14(15)5-2-6-24-16)26-12-4-1-3-11(7-12)19(21,22)23/h1-9,17H,10H2/t17-/m0/s1. The molecule has 0 radical (unpaired) electrons. The van der Waals surface area contributed by atoms with Gasteiger partial charge in [0.15, 0.2) is 6.10 Å². The highest BCUT2D eigenvalue weighted by molar-refractivity contribution is 9.18. The van der Waals surface area contributed by atoms with Gasteiger partial charge in [0, 0.05) is 29.6 Å². The van der Waals surface area contributed by atoms with E-state index in [0.29, 0.717) is 22.3 Å². The zero-order valence-electron chi connectivity index (χ0n) is 13.7. The van der Waals surface area contributed by atoms with Crippen LogP contribution in [0.3, 0.4) is 0 Å². The van der Waals surface area contributed by atoms with Gasteiger partial charge in [-0.1, -0.05) is 17.3 Å². The molecule has 2 heterocycles. The first-order chi connectivity index (χ1) is 12.9. The van der Waals surface area contributed by atoms with Crippen LogP contribution in [0.5, 0.6) is 11.5 Å². The number of pyridine rings is 1. The van der Waals surface area contributed by atoms with Gasteiger partial charge in [-0.2, -0.15) is 13.2 Å². The number of rotatable bonds is 3. The van der Waals surface area contributed by atoms with Gasteiger partial charge in [0.05, 0.1) is 11.1 Å². The topological polar surface area (TPSA) is 43.7 Å². The number of nitrogens with zero attached hydrogens (tertiary/aromatic N) is 2. The number of ether oxygens (including phenoxy) is 1. The van der Waals surface area contributed by atoms with E-state index in [1.54, 1.807) is 18.3 Å². The molecule has 0 unspecified atom stereocenters. The van der Waals surface area contributed by atoms with Crippen LogP contribution in [-0.2, 0) is 11.0 Å². The van der Waals surface area contributed by atoms with Crippen molar-refractivity contribution in [2.24, 2.45) is 5.16 Å². The summed E-state index contributed by atoms with van der Waals surface area (Å²) in [5, 5.41) is 4.77. The summed E-state index contributed by atoms with van der Waals surface area (Å²) in [5.41, 5.74) is 0.694. The third-order valence-electron chi connectivity index (χ3n) is 4.10. The third-order valence-corrected chi connectivity index (χ3v) is 4.57. The zero-order chi connectivity index (χ0) is 19.0. The number of hydrogen-bond acceptors (Lipinski definition) is 4. The average Bonchev–Trinajstić information content (AvgIpc) is 3.07. The lowest BCUT2D eigenvalue weighted by Crippen LogP contribution is -2.04. The van der Waals surface area contributed by atoms with E-state index in [1.165, 1.54) is 12.1 Å². The molecule has 4 nitrogen and oxygen atoms in total. The lowest BCUT2D eigenvalue weighted by atomic mass is 10.0. The Morgan fingerprint density at radius 3 is 2.67 bits per heavy atom. The maximum atomic E-state index is 12.9. The molecule has 0 fully saturated rings. The minimum atomic E-state index is -4.43. The van der Waals surface area contributed by atoms with E-state index < -0.39 is 11.7 Å². The van der Waals surface area contributed by atoms with Crippen molar-refractivity contribution in [1.29, 1.82) is 0 Å². The van der Waals surface area contributed by atoms with Crippen molar-refractivity contribution in [3.05, 3.63) is 65.9 Å². The summed E-state index contributed by atoms with van der Waals surface area (Å²) in [6.07, 6.45) is -2.56. The van der Waals surface area contributed by atoms with E-state index in [-0.39, 0.29) is 11.9 Å². The van der Waals surface area contributed by atoms with E-state index in [0.717, 1.165) is 23.1 Å². The van der Waals surface area contributed by atoms with E-state index in [1.807, 2.05) is 12.1 Å². The molecule has 1 aliphatic heterocycles. The quantitative estimate of drug-likeness (QED) is 0.489. The molecule has 138 valence electrons. The predicted octanol–water partition coefficient (Wildman–Crippen LogP) is 6.22. The molecule has 8 heteroatoms.